The van der Waals surface area contributed by atoms with Crippen molar-refractivity contribution in [3.63, 3.8) is 0 Å². The van der Waals surface area contributed by atoms with E-state index >= 15 is 0 Å². The Morgan fingerprint density at radius 3 is 2.53 bits per heavy atom. The van der Waals surface area contributed by atoms with Gasteiger partial charge in [-0.1, -0.05) is 6.92 Å². The molecule has 0 aromatic rings. The Balaban J connectivity index is 4.45. The molecule has 0 atom stereocenters. The molecule has 0 aromatic carbocycles. The molecule has 0 bridgehead atoms. The quantitative estimate of drug-likeness (QED) is 0.635. The summed E-state index contributed by atoms with van der Waals surface area (Å²) in [7, 11) is -2.70. The third-order valence-electron chi connectivity index (χ3n) is 1.70. The number of rotatable bonds is 6. The van der Waals surface area contributed by atoms with Gasteiger partial charge in [0.05, 0.1) is 7.11 Å². The summed E-state index contributed by atoms with van der Waals surface area (Å²) >= 11 is 0. The monoisotopic (exact) mass is 239 g/mol. The number of ether oxygens (including phenoxy) is 1. The van der Waals surface area contributed by atoms with Gasteiger partial charge >= 0.3 is 16.3 Å². The third-order valence-corrected chi connectivity index (χ3v) is 3.25. The van der Waals surface area contributed by atoms with Gasteiger partial charge in [-0.3, -0.25) is 0 Å². The van der Waals surface area contributed by atoms with Crippen LogP contribution in [-0.4, -0.2) is 45.6 Å². The Labute approximate surface area is 89.7 Å². The summed E-state index contributed by atoms with van der Waals surface area (Å²) in [5.41, 5.74) is 5.27. The van der Waals surface area contributed by atoms with Crippen molar-refractivity contribution in [1.82, 2.24) is 9.03 Å². The van der Waals surface area contributed by atoms with Crippen LogP contribution in [0.4, 0.5) is 4.79 Å². The second kappa shape index (κ2) is 6.59. The predicted molar refractivity (Wildman–Crippen MR) is 55.4 cm³/mol. The van der Waals surface area contributed by atoms with Gasteiger partial charge in [0.25, 0.3) is 0 Å². The van der Waals surface area contributed by atoms with Gasteiger partial charge < -0.3 is 10.5 Å². The highest BCUT2D eigenvalue weighted by Crippen LogP contribution is 1.99. The maximum atomic E-state index is 11.5. The molecule has 0 spiro atoms. The molecule has 0 fully saturated rings. The van der Waals surface area contributed by atoms with Gasteiger partial charge in [0.2, 0.25) is 0 Å². The Morgan fingerprint density at radius 2 is 2.13 bits per heavy atom. The van der Waals surface area contributed by atoms with E-state index in [0.29, 0.717) is 13.0 Å². The molecule has 0 aromatic heterocycles. The van der Waals surface area contributed by atoms with Crippen molar-refractivity contribution in [3.8, 4) is 0 Å². The lowest BCUT2D eigenvalue weighted by Crippen LogP contribution is -2.44. The number of amides is 1. The van der Waals surface area contributed by atoms with Gasteiger partial charge in [-0.2, -0.15) is 12.7 Å². The molecule has 0 aliphatic carbocycles. The van der Waals surface area contributed by atoms with E-state index in [4.69, 9.17) is 5.73 Å². The third kappa shape index (κ3) is 4.96. The molecule has 0 unspecified atom stereocenters. The van der Waals surface area contributed by atoms with Crippen LogP contribution in [0.15, 0.2) is 0 Å². The topological polar surface area (TPSA) is 102 Å². The van der Waals surface area contributed by atoms with Gasteiger partial charge in [0.1, 0.15) is 0 Å². The fourth-order valence-electron chi connectivity index (χ4n) is 0.927. The number of nitrogens with two attached hydrogens (primary N) is 1. The number of carbonyl (C=O) groups excluding carboxylic acids is 1. The van der Waals surface area contributed by atoms with Crippen molar-refractivity contribution in [3.05, 3.63) is 0 Å². The van der Waals surface area contributed by atoms with Crippen molar-refractivity contribution in [2.45, 2.75) is 13.3 Å². The smallest absolute Gasteiger partial charge is 0.421 e. The average molecular weight is 239 g/mol. The fourth-order valence-corrected chi connectivity index (χ4v) is 2.06. The Bertz CT molecular complexity index is 291. The normalized spacial score (nSPS) is 11.5. The van der Waals surface area contributed by atoms with Gasteiger partial charge in [0, 0.05) is 13.1 Å². The fraction of sp³-hybridized carbons (Fsp3) is 0.857. The number of methoxy groups -OCH3 is 1. The van der Waals surface area contributed by atoms with E-state index in [1.165, 1.54) is 0 Å². The van der Waals surface area contributed by atoms with E-state index in [0.717, 1.165) is 11.4 Å². The highest BCUT2D eigenvalue weighted by molar-refractivity contribution is 7.87. The minimum absolute atomic E-state index is 0.270. The molecular weight excluding hydrogens is 222 g/mol. The Morgan fingerprint density at radius 1 is 1.53 bits per heavy atom. The molecule has 0 aliphatic heterocycles. The van der Waals surface area contributed by atoms with Crippen LogP contribution < -0.4 is 10.5 Å². The van der Waals surface area contributed by atoms with Crippen LogP contribution >= 0.6 is 0 Å². The highest BCUT2D eigenvalue weighted by atomic mass is 32.2. The summed E-state index contributed by atoms with van der Waals surface area (Å²) in [6, 6.07) is 0. The van der Waals surface area contributed by atoms with Crippen molar-refractivity contribution in [2.75, 3.05) is 26.7 Å². The maximum absolute atomic E-state index is 11.5. The molecule has 7 nitrogen and oxygen atoms in total. The van der Waals surface area contributed by atoms with E-state index in [9.17, 15) is 13.2 Å². The van der Waals surface area contributed by atoms with Crippen LogP contribution in [0.5, 0.6) is 0 Å². The van der Waals surface area contributed by atoms with Crippen molar-refractivity contribution in [1.29, 1.82) is 0 Å². The summed E-state index contributed by atoms with van der Waals surface area (Å²) < 4.78 is 30.1. The maximum Gasteiger partial charge on any atom is 0.421 e. The highest BCUT2D eigenvalue weighted by Gasteiger charge is 2.22. The van der Waals surface area contributed by atoms with Gasteiger partial charge in [0.15, 0.2) is 0 Å². The van der Waals surface area contributed by atoms with Crippen LogP contribution in [0, 0.1) is 0 Å². The van der Waals surface area contributed by atoms with Crippen LogP contribution in [0.2, 0.25) is 0 Å². The Hall–Kier alpha value is -0.860. The van der Waals surface area contributed by atoms with Crippen molar-refractivity contribution in [2.24, 2.45) is 5.73 Å². The van der Waals surface area contributed by atoms with E-state index in [1.807, 2.05) is 0 Å². The molecule has 0 saturated carbocycles. The summed E-state index contributed by atoms with van der Waals surface area (Å²) in [4.78, 5) is 10.8. The van der Waals surface area contributed by atoms with Crippen molar-refractivity contribution >= 4 is 16.3 Å². The van der Waals surface area contributed by atoms with Gasteiger partial charge in [-0.15, -0.1) is 0 Å². The number of nitrogens with one attached hydrogen (secondary N) is 1. The van der Waals surface area contributed by atoms with Crippen LogP contribution in [0.1, 0.15) is 13.3 Å². The molecule has 0 radical (unpaired) electrons. The second-order valence-electron chi connectivity index (χ2n) is 2.73. The largest absolute Gasteiger partial charge is 0.452 e. The molecule has 8 heteroatoms. The van der Waals surface area contributed by atoms with E-state index in [1.54, 1.807) is 11.6 Å². The number of carbonyl (C=O) groups is 1. The van der Waals surface area contributed by atoms with Gasteiger partial charge in [-0.05, 0) is 13.0 Å². The summed E-state index contributed by atoms with van der Waals surface area (Å²) in [6.45, 7) is 2.61. The summed E-state index contributed by atoms with van der Waals surface area (Å²) in [5.74, 6) is 0. The first-order valence-electron chi connectivity index (χ1n) is 4.53. The lowest BCUT2D eigenvalue weighted by Gasteiger charge is -2.19. The molecule has 0 rings (SSSR count). The molecule has 3 N–H and O–H groups in total. The predicted octanol–water partition coefficient (Wildman–Crippen LogP) is -0.742. The summed E-state index contributed by atoms with van der Waals surface area (Å²) in [5, 5.41) is 0. The second-order valence-corrected chi connectivity index (χ2v) is 4.40. The first kappa shape index (κ1) is 14.1. The Kier molecular flexibility index (Phi) is 6.21. The van der Waals surface area contributed by atoms with Crippen LogP contribution in [-0.2, 0) is 14.9 Å². The SMILES string of the molecule is CCN(CCCN)S(=O)(=O)NC(=O)OC. The van der Waals surface area contributed by atoms with E-state index in [-0.39, 0.29) is 13.1 Å². The molecule has 1 amide bonds. The molecule has 0 heterocycles. The lowest BCUT2D eigenvalue weighted by molar-refractivity contribution is 0.177. The van der Waals surface area contributed by atoms with E-state index in [2.05, 4.69) is 4.74 Å². The zero-order valence-corrected chi connectivity index (χ0v) is 9.71. The standard InChI is InChI=1S/C7H17N3O4S/c1-3-10(6-4-5-8)15(12,13)9-7(11)14-2/h3-6,8H2,1-2H3,(H,9,11). The number of hydrogen-bond donors (Lipinski definition) is 2. The summed E-state index contributed by atoms with van der Waals surface area (Å²) in [6.07, 6.45) is -0.461. The zero-order valence-electron chi connectivity index (χ0n) is 8.89. The zero-order chi connectivity index (χ0) is 11.9. The van der Waals surface area contributed by atoms with Crippen LogP contribution in [0.25, 0.3) is 0 Å². The molecule has 0 aliphatic rings. The van der Waals surface area contributed by atoms with Crippen LogP contribution in [0.3, 0.4) is 0 Å². The van der Waals surface area contributed by atoms with E-state index < -0.39 is 16.3 Å². The first-order chi connectivity index (χ1) is 6.97. The van der Waals surface area contributed by atoms with Gasteiger partial charge in [-0.25, -0.2) is 9.52 Å². The number of nitrogens with zero attached hydrogens (tertiary/aromatic N) is 1. The molecular formula is C7H17N3O4S. The van der Waals surface area contributed by atoms with Crippen molar-refractivity contribution < 1.29 is 17.9 Å². The number of hydrogen-bond acceptors (Lipinski definition) is 5. The average Bonchev–Trinajstić information content (AvgIpc) is 2.17. The molecule has 90 valence electrons. The lowest BCUT2D eigenvalue weighted by atomic mass is 10.4. The molecule has 15 heavy (non-hydrogen) atoms. The minimum atomic E-state index is -3.80. The minimum Gasteiger partial charge on any atom is -0.452 e. The first-order valence-corrected chi connectivity index (χ1v) is 5.97. The molecule has 0 saturated heterocycles.